The molecule has 112 valence electrons. The van der Waals surface area contributed by atoms with Gasteiger partial charge in [0.25, 0.3) is 5.69 Å². The predicted octanol–water partition coefficient (Wildman–Crippen LogP) is 3.70. The Balaban J connectivity index is 2.15. The molecule has 0 spiro atoms. The van der Waals surface area contributed by atoms with E-state index in [4.69, 9.17) is 16.1 Å². The molecular formula is C14H16ClN3O3. The highest BCUT2D eigenvalue weighted by molar-refractivity contribution is 6.30. The number of aromatic nitrogens is 1. The lowest BCUT2D eigenvalue weighted by atomic mass is 10.1. The molecule has 1 aromatic heterocycles. The van der Waals surface area contributed by atoms with Gasteiger partial charge in [0.15, 0.2) is 0 Å². The fourth-order valence-electron chi connectivity index (χ4n) is 2.33. The number of hydrogen-bond acceptors (Lipinski definition) is 5. The maximum Gasteiger partial charge on any atom is 0.275 e. The molecule has 0 saturated heterocycles. The molecule has 1 atom stereocenters. The van der Waals surface area contributed by atoms with Crippen molar-refractivity contribution in [2.75, 3.05) is 0 Å². The van der Waals surface area contributed by atoms with Crippen LogP contribution in [0.5, 0.6) is 0 Å². The van der Waals surface area contributed by atoms with E-state index < -0.39 is 4.92 Å². The summed E-state index contributed by atoms with van der Waals surface area (Å²) in [5.74, 6) is 0.748. The highest BCUT2D eigenvalue weighted by atomic mass is 35.5. The summed E-state index contributed by atoms with van der Waals surface area (Å²) in [5, 5.41) is 18.6. The molecule has 2 rings (SSSR count). The largest absolute Gasteiger partial charge is 0.361 e. The first-order chi connectivity index (χ1) is 9.90. The second-order valence-electron chi connectivity index (χ2n) is 4.87. The molecule has 0 fully saturated rings. The first-order valence-electron chi connectivity index (χ1n) is 6.49. The molecule has 1 heterocycles. The maximum absolute atomic E-state index is 11.0. The van der Waals surface area contributed by atoms with Gasteiger partial charge < -0.3 is 9.84 Å². The molecule has 0 aliphatic carbocycles. The molecule has 6 nitrogen and oxygen atoms in total. The van der Waals surface area contributed by atoms with Crippen LogP contribution in [0, 0.1) is 24.0 Å². The second-order valence-corrected chi connectivity index (χ2v) is 5.31. The van der Waals surface area contributed by atoms with E-state index >= 15 is 0 Å². The molecule has 0 aliphatic rings. The number of aryl methyl sites for hydroxylation is 2. The number of nitro benzene ring substituents is 1. The Labute approximate surface area is 127 Å². The third kappa shape index (κ3) is 3.40. The predicted molar refractivity (Wildman–Crippen MR) is 79.3 cm³/mol. The van der Waals surface area contributed by atoms with Crippen molar-refractivity contribution in [2.24, 2.45) is 0 Å². The average Bonchev–Trinajstić information content (AvgIpc) is 2.76. The number of nitro groups is 1. The minimum absolute atomic E-state index is 0.0148. The van der Waals surface area contributed by atoms with Crippen LogP contribution in [0.4, 0.5) is 5.69 Å². The quantitative estimate of drug-likeness (QED) is 0.672. The number of halogens is 1. The zero-order valence-corrected chi connectivity index (χ0v) is 12.8. The summed E-state index contributed by atoms with van der Waals surface area (Å²) < 4.78 is 5.13. The molecule has 0 amide bonds. The van der Waals surface area contributed by atoms with Gasteiger partial charge in [0.2, 0.25) is 0 Å². The summed E-state index contributed by atoms with van der Waals surface area (Å²) in [6.45, 7) is 6.04. The number of benzene rings is 1. The van der Waals surface area contributed by atoms with Crippen molar-refractivity contribution in [1.82, 2.24) is 10.5 Å². The summed E-state index contributed by atoms with van der Waals surface area (Å²) in [6, 6.07) is 4.64. The van der Waals surface area contributed by atoms with E-state index in [1.54, 1.807) is 12.1 Å². The van der Waals surface area contributed by atoms with Gasteiger partial charge in [-0.15, -0.1) is 0 Å². The first-order valence-corrected chi connectivity index (χ1v) is 6.87. The fourth-order valence-corrected chi connectivity index (χ4v) is 2.50. The Bertz CT molecular complexity index is 650. The highest BCUT2D eigenvalue weighted by Crippen LogP contribution is 2.25. The van der Waals surface area contributed by atoms with E-state index in [0.29, 0.717) is 17.1 Å². The number of hydrogen-bond donors (Lipinski definition) is 1. The van der Waals surface area contributed by atoms with Crippen LogP contribution in [0.15, 0.2) is 22.7 Å². The Kier molecular flexibility index (Phi) is 4.59. The monoisotopic (exact) mass is 309 g/mol. The Morgan fingerprint density at radius 2 is 2.19 bits per heavy atom. The van der Waals surface area contributed by atoms with Gasteiger partial charge in [-0.1, -0.05) is 16.8 Å². The van der Waals surface area contributed by atoms with Gasteiger partial charge in [-0.3, -0.25) is 10.1 Å². The second kappa shape index (κ2) is 6.24. The third-order valence-electron chi connectivity index (χ3n) is 3.36. The van der Waals surface area contributed by atoms with Crippen molar-refractivity contribution >= 4 is 17.3 Å². The van der Waals surface area contributed by atoms with Crippen LogP contribution in [0.2, 0.25) is 5.02 Å². The van der Waals surface area contributed by atoms with Gasteiger partial charge in [-0.05, 0) is 32.9 Å². The Morgan fingerprint density at radius 3 is 2.76 bits per heavy atom. The van der Waals surface area contributed by atoms with Gasteiger partial charge in [-0.2, -0.15) is 0 Å². The number of nitrogens with one attached hydrogen (secondary N) is 1. The molecule has 21 heavy (non-hydrogen) atoms. The van der Waals surface area contributed by atoms with E-state index in [1.807, 2.05) is 20.8 Å². The molecule has 0 radical (unpaired) electrons. The van der Waals surface area contributed by atoms with Gasteiger partial charge in [-0.25, -0.2) is 0 Å². The van der Waals surface area contributed by atoms with Crippen molar-refractivity contribution < 1.29 is 9.45 Å². The summed E-state index contributed by atoms with van der Waals surface area (Å²) in [5.41, 5.74) is 2.40. The Morgan fingerprint density at radius 1 is 1.48 bits per heavy atom. The lowest BCUT2D eigenvalue weighted by Gasteiger charge is -2.13. The molecule has 0 aliphatic heterocycles. The van der Waals surface area contributed by atoms with Crippen molar-refractivity contribution in [2.45, 2.75) is 33.4 Å². The molecule has 1 N–H and O–H groups in total. The lowest BCUT2D eigenvalue weighted by Crippen LogP contribution is -2.19. The van der Waals surface area contributed by atoms with Gasteiger partial charge >= 0.3 is 0 Å². The first kappa shape index (κ1) is 15.5. The molecule has 0 bridgehead atoms. The van der Waals surface area contributed by atoms with Gasteiger partial charge in [0.05, 0.1) is 10.6 Å². The van der Waals surface area contributed by atoms with Crippen molar-refractivity contribution in [3.8, 4) is 0 Å². The van der Waals surface area contributed by atoms with Crippen LogP contribution in [0.25, 0.3) is 0 Å². The summed E-state index contributed by atoms with van der Waals surface area (Å²) >= 11 is 5.80. The van der Waals surface area contributed by atoms with Crippen LogP contribution >= 0.6 is 11.6 Å². The van der Waals surface area contributed by atoms with Crippen LogP contribution in [-0.4, -0.2) is 10.1 Å². The normalized spacial score (nSPS) is 12.4. The van der Waals surface area contributed by atoms with Gasteiger partial charge in [0.1, 0.15) is 5.76 Å². The number of rotatable bonds is 5. The minimum Gasteiger partial charge on any atom is -0.361 e. The average molecular weight is 310 g/mol. The van der Waals surface area contributed by atoms with Crippen LogP contribution in [-0.2, 0) is 6.54 Å². The van der Waals surface area contributed by atoms with Gasteiger partial charge in [0, 0.05) is 34.8 Å². The van der Waals surface area contributed by atoms with Crippen LogP contribution in [0.1, 0.15) is 35.5 Å². The zero-order chi connectivity index (χ0) is 15.6. The van der Waals surface area contributed by atoms with E-state index in [-0.39, 0.29) is 11.7 Å². The van der Waals surface area contributed by atoms with Crippen LogP contribution in [0.3, 0.4) is 0 Å². The summed E-state index contributed by atoms with van der Waals surface area (Å²) in [6.07, 6.45) is 0. The summed E-state index contributed by atoms with van der Waals surface area (Å²) in [4.78, 5) is 10.6. The molecule has 7 heteroatoms. The molecule has 0 saturated carbocycles. The standard InChI is InChI=1S/C14H16ClN3O3/c1-8(14-9(2)17-21-10(14)3)16-7-11-4-5-12(15)6-13(11)18(19)20/h4-6,8,16H,7H2,1-3H3. The molecular weight excluding hydrogens is 294 g/mol. The van der Waals surface area contributed by atoms with E-state index in [1.165, 1.54) is 6.07 Å². The van der Waals surface area contributed by atoms with Crippen molar-refractivity contribution in [1.29, 1.82) is 0 Å². The molecule has 1 aromatic carbocycles. The van der Waals surface area contributed by atoms with E-state index in [0.717, 1.165) is 17.0 Å². The molecule has 1 unspecified atom stereocenters. The highest BCUT2D eigenvalue weighted by Gasteiger charge is 2.18. The van der Waals surface area contributed by atoms with E-state index in [2.05, 4.69) is 10.5 Å². The SMILES string of the molecule is Cc1noc(C)c1C(C)NCc1ccc(Cl)cc1[N+](=O)[O-]. The fraction of sp³-hybridized carbons (Fsp3) is 0.357. The van der Waals surface area contributed by atoms with Crippen LogP contribution < -0.4 is 5.32 Å². The zero-order valence-electron chi connectivity index (χ0n) is 12.0. The smallest absolute Gasteiger partial charge is 0.275 e. The topological polar surface area (TPSA) is 81.2 Å². The van der Waals surface area contributed by atoms with Crippen molar-refractivity contribution in [3.05, 3.63) is 55.9 Å². The molecule has 2 aromatic rings. The maximum atomic E-state index is 11.0. The lowest BCUT2D eigenvalue weighted by molar-refractivity contribution is -0.385. The number of nitrogens with zero attached hydrogens (tertiary/aromatic N) is 2. The third-order valence-corrected chi connectivity index (χ3v) is 3.60. The van der Waals surface area contributed by atoms with Crippen molar-refractivity contribution in [3.63, 3.8) is 0 Å². The minimum atomic E-state index is -0.427. The summed E-state index contributed by atoms with van der Waals surface area (Å²) in [7, 11) is 0. The Hall–Kier alpha value is -1.92. The van der Waals surface area contributed by atoms with E-state index in [9.17, 15) is 10.1 Å².